The van der Waals surface area contributed by atoms with Gasteiger partial charge in [-0.1, -0.05) is 6.07 Å². The van der Waals surface area contributed by atoms with Crippen LogP contribution in [0.2, 0.25) is 0 Å². The van der Waals surface area contributed by atoms with Gasteiger partial charge in [-0.25, -0.2) is 12.8 Å². The lowest BCUT2D eigenvalue weighted by Crippen LogP contribution is -2.27. The fraction of sp³-hybridized carbons (Fsp3) is 0.308. The number of sulfonamides is 1. The van der Waals surface area contributed by atoms with Crippen LogP contribution in [0, 0.1) is 5.82 Å². The monoisotopic (exact) mass is 331 g/mol. The number of alkyl halides is 1. The molecule has 5 nitrogen and oxygen atoms in total. The second-order valence-electron chi connectivity index (χ2n) is 4.68. The standard InChI is InChI=1S/C13H15ClFN3O2S/c1-17-8-11(7-16-17)9-18(2)21(19,20)13-4-3-10(6-14)5-12(13)15/h3-5,7-8H,6,9H2,1-2H3. The van der Waals surface area contributed by atoms with Crippen molar-refractivity contribution < 1.29 is 12.8 Å². The zero-order valence-electron chi connectivity index (χ0n) is 11.6. The molecule has 0 aliphatic carbocycles. The normalized spacial score (nSPS) is 12.0. The molecule has 0 saturated carbocycles. The Labute approximate surface area is 128 Å². The molecule has 0 N–H and O–H groups in total. The van der Waals surface area contributed by atoms with E-state index in [1.807, 2.05) is 0 Å². The van der Waals surface area contributed by atoms with Crippen molar-refractivity contribution in [3.8, 4) is 0 Å². The van der Waals surface area contributed by atoms with Crippen molar-refractivity contribution in [2.24, 2.45) is 7.05 Å². The van der Waals surface area contributed by atoms with Crippen molar-refractivity contribution >= 4 is 21.6 Å². The van der Waals surface area contributed by atoms with Gasteiger partial charge in [0.05, 0.1) is 6.20 Å². The van der Waals surface area contributed by atoms with Crippen molar-refractivity contribution in [2.45, 2.75) is 17.3 Å². The van der Waals surface area contributed by atoms with Gasteiger partial charge >= 0.3 is 0 Å². The summed E-state index contributed by atoms with van der Waals surface area (Å²) < 4.78 is 41.4. The number of nitrogens with zero attached hydrogens (tertiary/aromatic N) is 3. The zero-order chi connectivity index (χ0) is 15.6. The van der Waals surface area contributed by atoms with E-state index in [4.69, 9.17) is 11.6 Å². The molecule has 0 radical (unpaired) electrons. The van der Waals surface area contributed by atoms with Crippen molar-refractivity contribution in [3.05, 3.63) is 47.5 Å². The minimum absolute atomic E-state index is 0.118. The van der Waals surface area contributed by atoms with E-state index in [-0.39, 0.29) is 17.3 Å². The Morgan fingerprint density at radius 1 is 1.38 bits per heavy atom. The van der Waals surface area contributed by atoms with Gasteiger partial charge < -0.3 is 0 Å². The quantitative estimate of drug-likeness (QED) is 0.789. The van der Waals surface area contributed by atoms with Crippen LogP contribution in [0.15, 0.2) is 35.5 Å². The summed E-state index contributed by atoms with van der Waals surface area (Å²) in [5, 5.41) is 3.97. The summed E-state index contributed by atoms with van der Waals surface area (Å²) in [7, 11) is -0.767. The highest BCUT2D eigenvalue weighted by Crippen LogP contribution is 2.21. The van der Waals surface area contributed by atoms with E-state index in [1.165, 1.54) is 19.2 Å². The zero-order valence-corrected chi connectivity index (χ0v) is 13.2. The van der Waals surface area contributed by atoms with Crippen LogP contribution < -0.4 is 0 Å². The van der Waals surface area contributed by atoms with Crippen LogP contribution in [0.5, 0.6) is 0 Å². The first-order chi connectivity index (χ1) is 9.84. The maximum Gasteiger partial charge on any atom is 0.246 e. The molecule has 2 rings (SSSR count). The van der Waals surface area contributed by atoms with Crippen LogP contribution in [-0.4, -0.2) is 29.6 Å². The lowest BCUT2D eigenvalue weighted by Gasteiger charge is -2.17. The molecular formula is C13H15ClFN3O2S. The molecule has 0 spiro atoms. The lowest BCUT2D eigenvalue weighted by atomic mass is 10.2. The Hall–Kier alpha value is -1.44. The maximum absolute atomic E-state index is 14.0. The van der Waals surface area contributed by atoms with Gasteiger partial charge in [-0.15, -0.1) is 11.6 Å². The Kier molecular flexibility index (Phi) is 4.65. The van der Waals surface area contributed by atoms with Gasteiger partial charge in [0, 0.05) is 38.3 Å². The number of halogens is 2. The Balaban J connectivity index is 2.28. The van der Waals surface area contributed by atoms with E-state index >= 15 is 0 Å². The van der Waals surface area contributed by atoms with E-state index in [0.717, 1.165) is 15.9 Å². The molecule has 0 aliphatic heterocycles. The number of rotatable bonds is 5. The molecule has 1 aromatic heterocycles. The highest BCUT2D eigenvalue weighted by atomic mass is 35.5. The molecule has 0 saturated heterocycles. The van der Waals surface area contributed by atoms with Gasteiger partial charge in [0.25, 0.3) is 0 Å². The second kappa shape index (κ2) is 6.13. The molecule has 1 aromatic carbocycles. The molecule has 0 atom stereocenters. The third kappa shape index (κ3) is 3.42. The average molecular weight is 332 g/mol. The maximum atomic E-state index is 14.0. The van der Waals surface area contributed by atoms with Gasteiger partial charge in [-0.3, -0.25) is 4.68 Å². The smallest absolute Gasteiger partial charge is 0.246 e. The first-order valence-corrected chi connectivity index (χ1v) is 8.10. The van der Waals surface area contributed by atoms with Crippen LogP contribution >= 0.6 is 11.6 Å². The first kappa shape index (κ1) is 15.9. The molecule has 2 aromatic rings. The number of benzene rings is 1. The summed E-state index contributed by atoms with van der Waals surface area (Å²) in [5.74, 6) is -0.672. The third-order valence-corrected chi connectivity index (χ3v) is 5.15. The number of hydrogen-bond donors (Lipinski definition) is 0. The molecule has 114 valence electrons. The number of aromatic nitrogens is 2. The van der Waals surface area contributed by atoms with Crippen molar-refractivity contribution in [1.82, 2.24) is 14.1 Å². The van der Waals surface area contributed by atoms with Gasteiger partial charge in [-0.05, 0) is 17.7 Å². The van der Waals surface area contributed by atoms with Gasteiger partial charge in [0.15, 0.2) is 0 Å². The molecule has 1 heterocycles. The Morgan fingerprint density at radius 2 is 2.10 bits per heavy atom. The van der Waals surface area contributed by atoms with Gasteiger partial charge in [-0.2, -0.15) is 9.40 Å². The van der Waals surface area contributed by atoms with Crippen LogP contribution in [-0.2, 0) is 29.5 Å². The molecule has 0 fully saturated rings. The molecular weight excluding hydrogens is 317 g/mol. The van der Waals surface area contributed by atoms with Gasteiger partial charge in [0.1, 0.15) is 10.7 Å². The van der Waals surface area contributed by atoms with Crippen LogP contribution in [0.4, 0.5) is 4.39 Å². The molecule has 0 bridgehead atoms. The average Bonchev–Trinajstić information content (AvgIpc) is 2.83. The number of aryl methyl sites for hydroxylation is 1. The summed E-state index contributed by atoms with van der Waals surface area (Å²) in [6, 6.07) is 3.88. The summed E-state index contributed by atoms with van der Waals surface area (Å²) in [6.45, 7) is 0.118. The Bertz CT molecular complexity index is 746. The Morgan fingerprint density at radius 3 is 2.62 bits per heavy atom. The molecule has 8 heteroatoms. The summed E-state index contributed by atoms with van der Waals surface area (Å²) in [5.41, 5.74) is 1.25. The summed E-state index contributed by atoms with van der Waals surface area (Å²) in [6.07, 6.45) is 3.28. The van der Waals surface area contributed by atoms with Crippen molar-refractivity contribution in [3.63, 3.8) is 0 Å². The molecule has 21 heavy (non-hydrogen) atoms. The summed E-state index contributed by atoms with van der Waals surface area (Å²) >= 11 is 5.60. The van der Waals surface area contributed by atoms with E-state index in [9.17, 15) is 12.8 Å². The van der Waals surface area contributed by atoms with E-state index in [1.54, 1.807) is 24.1 Å². The van der Waals surface area contributed by atoms with Crippen LogP contribution in [0.1, 0.15) is 11.1 Å². The third-order valence-electron chi connectivity index (χ3n) is 3.00. The minimum atomic E-state index is -3.91. The summed E-state index contributed by atoms with van der Waals surface area (Å²) in [4.78, 5) is -0.359. The highest BCUT2D eigenvalue weighted by Gasteiger charge is 2.25. The largest absolute Gasteiger partial charge is 0.275 e. The van der Waals surface area contributed by atoms with Crippen LogP contribution in [0.25, 0.3) is 0 Å². The predicted octanol–water partition coefficient (Wildman–Crippen LogP) is 2.12. The topological polar surface area (TPSA) is 55.2 Å². The van der Waals surface area contributed by atoms with Crippen molar-refractivity contribution in [1.29, 1.82) is 0 Å². The minimum Gasteiger partial charge on any atom is -0.275 e. The fourth-order valence-electron chi connectivity index (χ4n) is 1.90. The van der Waals surface area contributed by atoms with Gasteiger partial charge in [0.2, 0.25) is 10.0 Å². The first-order valence-electron chi connectivity index (χ1n) is 6.13. The van der Waals surface area contributed by atoms with Crippen molar-refractivity contribution in [2.75, 3.05) is 7.05 Å². The number of hydrogen-bond acceptors (Lipinski definition) is 3. The molecule has 0 unspecified atom stereocenters. The van der Waals surface area contributed by atoms with E-state index in [2.05, 4.69) is 5.10 Å². The fourth-order valence-corrected chi connectivity index (χ4v) is 3.27. The molecule has 0 aliphatic rings. The predicted molar refractivity (Wildman–Crippen MR) is 77.8 cm³/mol. The second-order valence-corrected chi connectivity index (χ2v) is 6.96. The van der Waals surface area contributed by atoms with Crippen LogP contribution in [0.3, 0.4) is 0 Å². The SMILES string of the molecule is CN(Cc1cnn(C)c1)S(=O)(=O)c1ccc(CCl)cc1F. The molecule has 0 amide bonds. The lowest BCUT2D eigenvalue weighted by molar-refractivity contribution is 0.459. The van der Waals surface area contributed by atoms with E-state index in [0.29, 0.717) is 5.56 Å². The van der Waals surface area contributed by atoms with E-state index < -0.39 is 15.8 Å². The highest BCUT2D eigenvalue weighted by molar-refractivity contribution is 7.89.